The second-order valence-corrected chi connectivity index (χ2v) is 6.16. The molecule has 0 N–H and O–H groups in total. The van der Waals surface area contributed by atoms with Crippen molar-refractivity contribution in [2.45, 2.75) is 31.7 Å². The number of rotatable bonds is 4. The number of amides is 1. The molecule has 3 heteroatoms. The van der Waals surface area contributed by atoms with Crippen LogP contribution in [-0.2, 0) is 11.2 Å². The first-order valence-electron chi connectivity index (χ1n) is 8.16. The highest BCUT2D eigenvalue weighted by Crippen LogP contribution is 2.33. The molecule has 3 rings (SSSR count). The second-order valence-electron chi connectivity index (χ2n) is 6.16. The van der Waals surface area contributed by atoms with Gasteiger partial charge >= 0.3 is 0 Å². The molecule has 1 heterocycles. The summed E-state index contributed by atoms with van der Waals surface area (Å²) in [5.74, 6) is 1.47. The lowest BCUT2D eigenvalue weighted by atomic mass is 9.93. The molecule has 2 unspecified atom stereocenters. The SMILES string of the molecule is COc1ccc(CC(=O)N2CCC(c3ccccc3)C2C)cc1. The zero-order valence-electron chi connectivity index (χ0n) is 13.7. The second kappa shape index (κ2) is 6.86. The Morgan fingerprint density at radius 3 is 2.48 bits per heavy atom. The van der Waals surface area contributed by atoms with Gasteiger partial charge in [0.25, 0.3) is 0 Å². The molecular formula is C20H23NO2. The predicted octanol–water partition coefficient (Wildman–Crippen LogP) is 3.64. The van der Waals surface area contributed by atoms with Gasteiger partial charge in [0.15, 0.2) is 0 Å². The summed E-state index contributed by atoms with van der Waals surface area (Å²) in [7, 11) is 1.65. The third-order valence-corrected chi connectivity index (χ3v) is 4.82. The number of ether oxygens (including phenoxy) is 1. The molecule has 0 bridgehead atoms. The molecule has 2 atom stereocenters. The third kappa shape index (κ3) is 3.39. The Kier molecular flexibility index (Phi) is 4.65. The zero-order valence-corrected chi connectivity index (χ0v) is 13.7. The van der Waals surface area contributed by atoms with Gasteiger partial charge in [0.05, 0.1) is 13.5 Å². The Morgan fingerprint density at radius 2 is 1.83 bits per heavy atom. The minimum absolute atomic E-state index is 0.209. The van der Waals surface area contributed by atoms with Crippen LogP contribution in [0.3, 0.4) is 0 Å². The molecule has 0 radical (unpaired) electrons. The summed E-state index contributed by atoms with van der Waals surface area (Å²) >= 11 is 0. The van der Waals surface area contributed by atoms with Gasteiger partial charge in [0, 0.05) is 18.5 Å². The van der Waals surface area contributed by atoms with E-state index in [1.807, 2.05) is 35.2 Å². The van der Waals surface area contributed by atoms with Crippen molar-refractivity contribution in [1.82, 2.24) is 4.90 Å². The van der Waals surface area contributed by atoms with Crippen molar-refractivity contribution >= 4 is 5.91 Å². The number of likely N-dealkylation sites (tertiary alicyclic amines) is 1. The van der Waals surface area contributed by atoms with Crippen LogP contribution in [0.2, 0.25) is 0 Å². The van der Waals surface area contributed by atoms with E-state index in [0.717, 1.165) is 24.3 Å². The molecular weight excluding hydrogens is 286 g/mol. The molecule has 0 aromatic heterocycles. The predicted molar refractivity (Wildman–Crippen MR) is 91.7 cm³/mol. The minimum atomic E-state index is 0.209. The minimum Gasteiger partial charge on any atom is -0.497 e. The van der Waals surface area contributed by atoms with Crippen LogP contribution in [0.5, 0.6) is 5.75 Å². The number of hydrogen-bond acceptors (Lipinski definition) is 2. The van der Waals surface area contributed by atoms with E-state index in [-0.39, 0.29) is 11.9 Å². The van der Waals surface area contributed by atoms with Crippen LogP contribution in [0.15, 0.2) is 54.6 Å². The smallest absolute Gasteiger partial charge is 0.227 e. The molecule has 1 fully saturated rings. The van der Waals surface area contributed by atoms with Gasteiger partial charge in [-0.3, -0.25) is 4.79 Å². The number of benzene rings is 2. The Labute approximate surface area is 137 Å². The normalized spacial score (nSPS) is 20.5. The van der Waals surface area contributed by atoms with E-state index in [4.69, 9.17) is 4.74 Å². The molecule has 23 heavy (non-hydrogen) atoms. The molecule has 2 aromatic carbocycles. The Morgan fingerprint density at radius 1 is 1.13 bits per heavy atom. The first-order valence-corrected chi connectivity index (χ1v) is 8.16. The molecule has 0 spiro atoms. The summed E-state index contributed by atoms with van der Waals surface area (Å²) in [5.41, 5.74) is 2.37. The lowest BCUT2D eigenvalue weighted by Crippen LogP contribution is -2.36. The van der Waals surface area contributed by atoms with Crippen molar-refractivity contribution in [2.75, 3.05) is 13.7 Å². The van der Waals surface area contributed by atoms with E-state index in [1.54, 1.807) is 7.11 Å². The van der Waals surface area contributed by atoms with E-state index < -0.39 is 0 Å². The first kappa shape index (κ1) is 15.6. The van der Waals surface area contributed by atoms with Crippen molar-refractivity contribution < 1.29 is 9.53 Å². The monoisotopic (exact) mass is 309 g/mol. The number of carbonyl (C=O) groups is 1. The van der Waals surface area contributed by atoms with E-state index in [1.165, 1.54) is 5.56 Å². The average molecular weight is 309 g/mol. The van der Waals surface area contributed by atoms with Crippen LogP contribution in [-0.4, -0.2) is 30.5 Å². The van der Waals surface area contributed by atoms with Crippen molar-refractivity contribution in [1.29, 1.82) is 0 Å². The van der Waals surface area contributed by atoms with Gasteiger partial charge in [-0.1, -0.05) is 42.5 Å². The quantitative estimate of drug-likeness (QED) is 0.863. The van der Waals surface area contributed by atoms with Crippen LogP contribution in [0.25, 0.3) is 0 Å². The molecule has 1 aliphatic rings. The highest BCUT2D eigenvalue weighted by molar-refractivity contribution is 5.79. The van der Waals surface area contributed by atoms with Gasteiger partial charge in [0.2, 0.25) is 5.91 Å². The van der Waals surface area contributed by atoms with E-state index in [9.17, 15) is 4.79 Å². The van der Waals surface area contributed by atoms with E-state index in [2.05, 4.69) is 31.2 Å². The van der Waals surface area contributed by atoms with Crippen LogP contribution in [0, 0.1) is 0 Å². The molecule has 2 aromatic rings. The molecule has 0 aliphatic carbocycles. The Balaban J connectivity index is 1.66. The molecule has 1 amide bonds. The zero-order chi connectivity index (χ0) is 16.2. The van der Waals surface area contributed by atoms with Crippen molar-refractivity contribution in [3.05, 3.63) is 65.7 Å². The maximum atomic E-state index is 12.7. The summed E-state index contributed by atoms with van der Waals surface area (Å²) in [4.78, 5) is 14.7. The molecule has 3 nitrogen and oxygen atoms in total. The summed E-state index contributed by atoms with van der Waals surface area (Å²) in [6, 6.07) is 18.5. The number of carbonyl (C=O) groups excluding carboxylic acids is 1. The third-order valence-electron chi connectivity index (χ3n) is 4.82. The fourth-order valence-corrected chi connectivity index (χ4v) is 3.46. The van der Waals surface area contributed by atoms with Gasteiger partial charge < -0.3 is 9.64 Å². The van der Waals surface area contributed by atoms with Gasteiger partial charge in [-0.15, -0.1) is 0 Å². The first-order chi connectivity index (χ1) is 11.2. The largest absolute Gasteiger partial charge is 0.497 e. The molecule has 0 saturated carbocycles. The summed E-state index contributed by atoms with van der Waals surface area (Å²) < 4.78 is 5.16. The van der Waals surface area contributed by atoms with Crippen LogP contribution in [0.1, 0.15) is 30.4 Å². The molecule has 120 valence electrons. The van der Waals surface area contributed by atoms with Crippen molar-refractivity contribution in [3.63, 3.8) is 0 Å². The van der Waals surface area contributed by atoms with Crippen LogP contribution in [0.4, 0.5) is 0 Å². The average Bonchev–Trinajstić information content (AvgIpc) is 2.98. The number of nitrogens with zero attached hydrogens (tertiary/aromatic N) is 1. The lowest BCUT2D eigenvalue weighted by Gasteiger charge is -2.25. The summed E-state index contributed by atoms with van der Waals surface area (Å²) in [5, 5.41) is 0. The summed E-state index contributed by atoms with van der Waals surface area (Å²) in [6.07, 6.45) is 1.50. The van der Waals surface area contributed by atoms with Crippen molar-refractivity contribution in [3.8, 4) is 5.75 Å². The highest BCUT2D eigenvalue weighted by Gasteiger charge is 2.34. The molecule has 1 aliphatic heterocycles. The standard InChI is InChI=1S/C20H23NO2/c1-15-19(17-6-4-3-5-7-17)12-13-21(15)20(22)14-16-8-10-18(23-2)11-9-16/h3-11,15,19H,12-14H2,1-2H3. The highest BCUT2D eigenvalue weighted by atomic mass is 16.5. The summed E-state index contributed by atoms with van der Waals surface area (Å²) in [6.45, 7) is 3.01. The van der Waals surface area contributed by atoms with E-state index in [0.29, 0.717) is 12.3 Å². The number of hydrogen-bond donors (Lipinski definition) is 0. The maximum Gasteiger partial charge on any atom is 0.227 e. The maximum absolute atomic E-state index is 12.7. The fourth-order valence-electron chi connectivity index (χ4n) is 3.46. The topological polar surface area (TPSA) is 29.5 Å². The van der Waals surface area contributed by atoms with Crippen LogP contribution < -0.4 is 4.74 Å². The van der Waals surface area contributed by atoms with E-state index >= 15 is 0 Å². The van der Waals surface area contributed by atoms with Gasteiger partial charge in [-0.25, -0.2) is 0 Å². The van der Waals surface area contributed by atoms with Crippen LogP contribution >= 0.6 is 0 Å². The van der Waals surface area contributed by atoms with Gasteiger partial charge in [-0.05, 0) is 36.6 Å². The Bertz CT molecular complexity index is 651. The van der Waals surface area contributed by atoms with Gasteiger partial charge in [0.1, 0.15) is 5.75 Å². The Hall–Kier alpha value is -2.29. The molecule has 1 saturated heterocycles. The van der Waals surface area contributed by atoms with Gasteiger partial charge in [-0.2, -0.15) is 0 Å². The fraction of sp³-hybridized carbons (Fsp3) is 0.350. The number of methoxy groups -OCH3 is 1. The van der Waals surface area contributed by atoms with Crippen molar-refractivity contribution in [2.24, 2.45) is 0 Å². The lowest BCUT2D eigenvalue weighted by molar-refractivity contribution is -0.131.